The second-order valence-electron chi connectivity index (χ2n) is 8.80. The molecule has 2 saturated heterocycles. The van der Waals surface area contributed by atoms with Crippen molar-refractivity contribution in [2.24, 2.45) is 0 Å². The molecule has 4 rings (SSSR count). The van der Waals surface area contributed by atoms with Crippen LogP contribution in [0.3, 0.4) is 0 Å². The molecule has 4 atom stereocenters. The number of halogens is 6. The molecule has 192 valence electrons. The molecule has 10 heteroatoms. The molecule has 0 bridgehead atoms. The summed E-state index contributed by atoms with van der Waals surface area (Å²) in [6, 6.07) is 11.1. The number of ether oxygens (including phenoxy) is 3. The van der Waals surface area contributed by atoms with Crippen LogP contribution >= 0.6 is 0 Å². The maximum Gasteiger partial charge on any atom is 0.416 e. The van der Waals surface area contributed by atoms with Gasteiger partial charge in [-0.2, -0.15) is 26.3 Å². The molecule has 2 aromatic carbocycles. The average Bonchev–Trinajstić information content (AvgIpc) is 2.83. The second-order valence-corrected chi connectivity index (χ2v) is 8.80. The monoisotopic (exact) mass is 503 g/mol. The van der Waals surface area contributed by atoms with Crippen molar-refractivity contribution < 1.29 is 40.6 Å². The summed E-state index contributed by atoms with van der Waals surface area (Å²) in [7, 11) is 0. The molecule has 0 amide bonds. The van der Waals surface area contributed by atoms with Crippen molar-refractivity contribution in [1.29, 1.82) is 0 Å². The highest BCUT2D eigenvalue weighted by molar-refractivity contribution is 5.35. The molecule has 2 aromatic rings. The van der Waals surface area contributed by atoms with Gasteiger partial charge in [0.05, 0.1) is 43.0 Å². The number of alkyl halides is 6. The molecule has 0 N–H and O–H groups in total. The number of morpholine rings is 1. The first-order chi connectivity index (χ1) is 16.5. The zero-order chi connectivity index (χ0) is 25.2. The molecule has 0 spiro atoms. The van der Waals surface area contributed by atoms with Crippen LogP contribution in [0.25, 0.3) is 0 Å². The van der Waals surface area contributed by atoms with E-state index in [1.54, 1.807) is 0 Å². The van der Waals surface area contributed by atoms with Gasteiger partial charge in [-0.25, -0.2) is 0 Å². The maximum absolute atomic E-state index is 13.4. The summed E-state index contributed by atoms with van der Waals surface area (Å²) in [6.07, 6.45) is -11.1. The standard InChI is InChI=1S/C25H27F6NO3/c1-16(18-13-19(24(26,27)28)15-20(14-18)25(29,30)31)35-23-22(17-5-3-2-4-6-17)21(7-10-34-23)32-8-11-33-12-9-32/h2-6,13-16,21-23H,7-12H2,1H3. The van der Waals surface area contributed by atoms with Gasteiger partial charge >= 0.3 is 12.4 Å². The fourth-order valence-electron chi connectivity index (χ4n) is 4.76. The fourth-order valence-corrected chi connectivity index (χ4v) is 4.76. The fraction of sp³-hybridized carbons (Fsp3) is 0.520. The number of rotatable bonds is 5. The van der Waals surface area contributed by atoms with E-state index in [2.05, 4.69) is 4.90 Å². The Kier molecular flexibility index (Phi) is 7.75. The first-order valence-electron chi connectivity index (χ1n) is 11.5. The minimum atomic E-state index is -4.93. The zero-order valence-electron chi connectivity index (χ0n) is 19.1. The molecule has 2 heterocycles. The largest absolute Gasteiger partial charge is 0.416 e. The summed E-state index contributed by atoms with van der Waals surface area (Å²) in [5.41, 5.74) is -2.02. The molecule has 0 radical (unpaired) electrons. The molecule has 35 heavy (non-hydrogen) atoms. The van der Waals surface area contributed by atoms with Gasteiger partial charge in [-0.15, -0.1) is 0 Å². The molecule has 2 fully saturated rings. The highest BCUT2D eigenvalue weighted by Gasteiger charge is 2.41. The van der Waals surface area contributed by atoms with Crippen LogP contribution in [0.2, 0.25) is 0 Å². The summed E-state index contributed by atoms with van der Waals surface area (Å²) >= 11 is 0. The van der Waals surface area contributed by atoms with Gasteiger partial charge < -0.3 is 14.2 Å². The SMILES string of the molecule is CC(OC1OCCC(N2CCOCC2)C1c1ccccc1)c1cc(C(F)(F)F)cc(C(F)(F)F)c1. The Bertz CT molecular complexity index is 943. The number of nitrogens with zero attached hydrogens (tertiary/aromatic N) is 1. The molecule has 2 aliphatic rings. The lowest BCUT2D eigenvalue weighted by Gasteiger charge is -2.45. The predicted octanol–water partition coefficient (Wildman–Crippen LogP) is 6.03. The minimum Gasteiger partial charge on any atom is -0.379 e. The summed E-state index contributed by atoms with van der Waals surface area (Å²) in [4.78, 5) is 2.29. The van der Waals surface area contributed by atoms with Gasteiger partial charge in [0, 0.05) is 19.1 Å². The Morgan fingerprint density at radius 2 is 1.49 bits per heavy atom. The predicted molar refractivity (Wildman–Crippen MR) is 116 cm³/mol. The van der Waals surface area contributed by atoms with Crippen molar-refractivity contribution in [1.82, 2.24) is 4.90 Å². The van der Waals surface area contributed by atoms with Gasteiger partial charge in [-0.1, -0.05) is 30.3 Å². The Morgan fingerprint density at radius 3 is 2.06 bits per heavy atom. The molecular weight excluding hydrogens is 476 g/mol. The Morgan fingerprint density at radius 1 is 0.886 bits per heavy atom. The Balaban J connectivity index is 1.64. The molecule has 0 aromatic heterocycles. The van der Waals surface area contributed by atoms with Crippen LogP contribution in [0.15, 0.2) is 48.5 Å². The van der Waals surface area contributed by atoms with Gasteiger partial charge in [-0.3, -0.25) is 4.90 Å². The van der Waals surface area contributed by atoms with E-state index in [1.165, 1.54) is 6.92 Å². The van der Waals surface area contributed by atoms with Gasteiger partial charge in [-0.05, 0) is 42.7 Å². The molecular formula is C25H27F6NO3. The summed E-state index contributed by atoms with van der Waals surface area (Å²) in [5.74, 6) is -0.279. The van der Waals surface area contributed by atoms with E-state index in [9.17, 15) is 26.3 Å². The highest BCUT2D eigenvalue weighted by Crippen LogP contribution is 2.41. The van der Waals surface area contributed by atoms with Crippen LogP contribution in [0.1, 0.15) is 47.6 Å². The molecule has 4 nitrogen and oxygen atoms in total. The molecule has 2 aliphatic heterocycles. The van der Waals surface area contributed by atoms with Crippen molar-refractivity contribution in [3.63, 3.8) is 0 Å². The topological polar surface area (TPSA) is 30.9 Å². The summed E-state index contributed by atoms with van der Waals surface area (Å²) in [6.45, 7) is 4.42. The summed E-state index contributed by atoms with van der Waals surface area (Å²) in [5, 5.41) is 0. The number of hydrogen-bond donors (Lipinski definition) is 0. The van der Waals surface area contributed by atoms with Crippen molar-refractivity contribution in [3.05, 3.63) is 70.8 Å². The van der Waals surface area contributed by atoms with Crippen molar-refractivity contribution in [2.75, 3.05) is 32.9 Å². The van der Waals surface area contributed by atoms with Crippen LogP contribution in [0.5, 0.6) is 0 Å². The van der Waals surface area contributed by atoms with Crippen molar-refractivity contribution >= 4 is 0 Å². The quantitative estimate of drug-likeness (QED) is 0.466. The smallest absolute Gasteiger partial charge is 0.379 e. The van der Waals surface area contributed by atoms with E-state index < -0.39 is 35.9 Å². The van der Waals surface area contributed by atoms with Gasteiger partial charge in [0.2, 0.25) is 0 Å². The van der Waals surface area contributed by atoms with Crippen LogP contribution in [-0.2, 0) is 26.6 Å². The summed E-state index contributed by atoms with van der Waals surface area (Å²) < 4.78 is 97.6. The number of hydrogen-bond acceptors (Lipinski definition) is 4. The first kappa shape index (κ1) is 25.9. The highest BCUT2D eigenvalue weighted by atomic mass is 19.4. The second kappa shape index (κ2) is 10.5. The van der Waals surface area contributed by atoms with Crippen molar-refractivity contribution in [3.8, 4) is 0 Å². The van der Waals surface area contributed by atoms with E-state index in [1.807, 2.05) is 30.3 Å². The van der Waals surface area contributed by atoms with Crippen LogP contribution in [0, 0.1) is 0 Å². The Labute approximate surface area is 199 Å². The van der Waals surface area contributed by atoms with E-state index in [-0.39, 0.29) is 23.6 Å². The average molecular weight is 503 g/mol. The molecule has 4 unspecified atom stereocenters. The van der Waals surface area contributed by atoms with E-state index in [0.717, 1.165) is 25.1 Å². The first-order valence-corrected chi connectivity index (χ1v) is 11.5. The third kappa shape index (κ3) is 6.17. The van der Waals surface area contributed by atoms with Crippen LogP contribution < -0.4 is 0 Å². The minimum absolute atomic E-state index is 0.0273. The third-order valence-corrected chi connectivity index (χ3v) is 6.52. The lowest BCUT2D eigenvalue weighted by atomic mass is 9.85. The van der Waals surface area contributed by atoms with Gasteiger partial charge in [0.15, 0.2) is 6.29 Å². The molecule has 0 aliphatic carbocycles. The van der Waals surface area contributed by atoms with Crippen LogP contribution in [-0.4, -0.2) is 50.1 Å². The zero-order valence-corrected chi connectivity index (χ0v) is 19.1. The molecule has 0 saturated carbocycles. The number of benzene rings is 2. The van der Waals surface area contributed by atoms with Crippen LogP contribution in [0.4, 0.5) is 26.3 Å². The van der Waals surface area contributed by atoms with Gasteiger partial charge in [0.1, 0.15) is 0 Å². The lowest BCUT2D eigenvalue weighted by Crippen LogP contribution is -2.52. The third-order valence-electron chi connectivity index (χ3n) is 6.52. The normalized spacial score (nSPS) is 25.4. The van der Waals surface area contributed by atoms with Crippen molar-refractivity contribution in [2.45, 2.75) is 50.1 Å². The van der Waals surface area contributed by atoms with E-state index >= 15 is 0 Å². The van der Waals surface area contributed by atoms with E-state index in [4.69, 9.17) is 14.2 Å². The lowest BCUT2D eigenvalue weighted by molar-refractivity contribution is -0.213. The van der Waals surface area contributed by atoms with Gasteiger partial charge in [0.25, 0.3) is 0 Å². The Hall–Kier alpha value is -2.14. The maximum atomic E-state index is 13.4. The van der Waals surface area contributed by atoms with E-state index in [0.29, 0.717) is 32.0 Å².